The van der Waals surface area contributed by atoms with Gasteiger partial charge in [0.05, 0.1) is 4.92 Å². The summed E-state index contributed by atoms with van der Waals surface area (Å²) in [5, 5.41) is 13.0. The molecule has 34 heavy (non-hydrogen) atoms. The van der Waals surface area contributed by atoms with Crippen LogP contribution in [0.3, 0.4) is 0 Å². The molecule has 0 radical (unpaired) electrons. The monoisotopic (exact) mass is 455 g/mol. The highest BCUT2D eigenvalue weighted by Crippen LogP contribution is 2.39. The summed E-state index contributed by atoms with van der Waals surface area (Å²) in [6.07, 6.45) is 4.23. The van der Waals surface area contributed by atoms with E-state index in [0.717, 1.165) is 30.3 Å². The first-order valence-corrected chi connectivity index (χ1v) is 11.4. The van der Waals surface area contributed by atoms with Gasteiger partial charge in [-0.2, -0.15) is 4.98 Å². The van der Waals surface area contributed by atoms with Gasteiger partial charge in [-0.05, 0) is 49.8 Å². The Balaban J connectivity index is 1.39. The standard InChI is InChI=1S/C26H25N5O3/c1-18-10-11-21-8-5-9-22(23(21)29-18)34-26-24(31(32)33)25(27-17-28-26)30-14-12-20(13-15-30)16-19-6-3-2-4-7-19/h2-11,17,20H,12-16H2,1H3. The molecule has 2 aromatic carbocycles. The number of nitro groups is 1. The molecular formula is C26H25N5O3. The highest BCUT2D eigenvalue weighted by Gasteiger charge is 2.31. The van der Waals surface area contributed by atoms with Crippen molar-refractivity contribution in [2.45, 2.75) is 26.2 Å². The van der Waals surface area contributed by atoms with E-state index in [1.54, 1.807) is 6.07 Å². The third-order valence-corrected chi connectivity index (χ3v) is 6.26. The Labute approximate surface area is 197 Å². The van der Waals surface area contributed by atoms with Gasteiger partial charge in [-0.3, -0.25) is 10.1 Å². The topological polar surface area (TPSA) is 94.3 Å². The number of pyridine rings is 1. The van der Waals surface area contributed by atoms with Crippen molar-refractivity contribution < 1.29 is 9.66 Å². The van der Waals surface area contributed by atoms with Gasteiger partial charge in [0.2, 0.25) is 5.82 Å². The smallest absolute Gasteiger partial charge is 0.373 e. The molecule has 4 aromatic rings. The van der Waals surface area contributed by atoms with E-state index in [4.69, 9.17) is 4.74 Å². The maximum Gasteiger partial charge on any atom is 0.373 e. The number of anilines is 1. The van der Waals surface area contributed by atoms with Crippen molar-refractivity contribution in [1.29, 1.82) is 0 Å². The summed E-state index contributed by atoms with van der Waals surface area (Å²) in [6.45, 7) is 3.29. The number of para-hydroxylation sites is 1. The number of benzene rings is 2. The van der Waals surface area contributed by atoms with E-state index in [1.165, 1.54) is 11.9 Å². The van der Waals surface area contributed by atoms with Gasteiger partial charge in [-0.25, -0.2) is 9.97 Å². The summed E-state index contributed by atoms with van der Waals surface area (Å²) in [4.78, 5) is 26.6. The van der Waals surface area contributed by atoms with Crippen LogP contribution in [0.5, 0.6) is 11.6 Å². The van der Waals surface area contributed by atoms with E-state index in [1.807, 2.05) is 42.2 Å². The number of piperidine rings is 1. The van der Waals surface area contributed by atoms with Gasteiger partial charge < -0.3 is 9.64 Å². The van der Waals surface area contributed by atoms with E-state index in [9.17, 15) is 10.1 Å². The van der Waals surface area contributed by atoms with E-state index < -0.39 is 4.92 Å². The molecule has 1 aliphatic rings. The van der Waals surface area contributed by atoms with Crippen molar-refractivity contribution in [2.24, 2.45) is 5.92 Å². The second-order valence-electron chi connectivity index (χ2n) is 8.61. The third kappa shape index (κ3) is 4.52. The van der Waals surface area contributed by atoms with Crippen molar-refractivity contribution in [3.8, 4) is 11.6 Å². The predicted octanol–water partition coefficient (Wildman–Crippen LogP) is 5.49. The van der Waals surface area contributed by atoms with Crippen LogP contribution in [0, 0.1) is 23.0 Å². The van der Waals surface area contributed by atoms with Gasteiger partial charge in [0.15, 0.2) is 5.75 Å². The summed E-state index contributed by atoms with van der Waals surface area (Å²) >= 11 is 0. The van der Waals surface area contributed by atoms with Crippen molar-refractivity contribution in [1.82, 2.24) is 15.0 Å². The molecule has 0 saturated carbocycles. The quantitative estimate of drug-likeness (QED) is 0.280. The molecule has 1 saturated heterocycles. The number of aromatic nitrogens is 3. The Bertz CT molecular complexity index is 1320. The molecule has 3 heterocycles. The summed E-state index contributed by atoms with van der Waals surface area (Å²) < 4.78 is 5.99. The summed E-state index contributed by atoms with van der Waals surface area (Å²) in [7, 11) is 0. The van der Waals surface area contributed by atoms with Crippen molar-refractivity contribution in [3.63, 3.8) is 0 Å². The van der Waals surface area contributed by atoms with E-state index >= 15 is 0 Å². The first-order valence-electron chi connectivity index (χ1n) is 11.4. The fourth-order valence-electron chi connectivity index (χ4n) is 4.52. The van der Waals surface area contributed by atoms with Gasteiger partial charge in [-0.15, -0.1) is 0 Å². The molecule has 172 valence electrons. The molecule has 2 aromatic heterocycles. The largest absolute Gasteiger partial charge is 0.431 e. The van der Waals surface area contributed by atoms with Gasteiger partial charge in [-0.1, -0.05) is 48.5 Å². The molecule has 0 unspecified atom stereocenters. The molecule has 8 heteroatoms. The highest BCUT2D eigenvalue weighted by atomic mass is 16.6. The molecule has 8 nitrogen and oxygen atoms in total. The van der Waals surface area contributed by atoms with Crippen LogP contribution >= 0.6 is 0 Å². The SMILES string of the molecule is Cc1ccc2cccc(Oc3ncnc(N4CCC(Cc5ccccc5)CC4)c3[N+](=O)[O-])c2n1. The van der Waals surface area contributed by atoms with E-state index in [0.29, 0.717) is 36.1 Å². The lowest BCUT2D eigenvalue weighted by Crippen LogP contribution is -2.35. The molecular weight excluding hydrogens is 430 g/mol. The number of rotatable bonds is 6. The number of nitrogens with zero attached hydrogens (tertiary/aromatic N) is 5. The van der Waals surface area contributed by atoms with E-state index in [-0.39, 0.29) is 11.6 Å². The minimum absolute atomic E-state index is 0.0720. The molecule has 1 fully saturated rings. The molecule has 0 aliphatic carbocycles. The minimum atomic E-state index is -0.454. The van der Waals surface area contributed by atoms with Gasteiger partial charge >= 0.3 is 11.6 Å². The zero-order chi connectivity index (χ0) is 23.5. The lowest BCUT2D eigenvalue weighted by molar-refractivity contribution is -0.385. The lowest BCUT2D eigenvalue weighted by Gasteiger charge is -2.32. The van der Waals surface area contributed by atoms with Crippen LogP contribution in [0.4, 0.5) is 11.5 Å². The van der Waals surface area contributed by atoms with Crippen LogP contribution in [0.15, 0.2) is 67.0 Å². The number of fused-ring (bicyclic) bond motifs is 1. The molecule has 0 amide bonds. The number of ether oxygens (including phenoxy) is 1. The number of aryl methyl sites for hydroxylation is 1. The van der Waals surface area contributed by atoms with Crippen LogP contribution in [-0.4, -0.2) is 33.0 Å². The Hall–Kier alpha value is -4.07. The van der Waals surface area contributed by atoms with Gasteiger partial charge in [0, 0.05) is 24.2 Å². The number of hydrogen-bond acceptors (Lipinski definition) is 7. The molecule has 1 aliphatic heterocycles. The molecule has 5 rings (SSSR count). The maximum atomic E-state index is 12.1. The van der Waals surface area contributed by atoms with Crippen LogP contribution in [-0.2, 0) is 6.42 Å². The van der Waals surface area contributed by atoms with Crippen molar-refractivity contribution in [2.75, 3.05) is 18.0 Å². The third-order valence-electron chi connectivity index (χ3n) is 6.26. The Morgan fingerprint density at radius 2 is 1.82 bits per heavy atom. The minimum Gasteiger partial charge on any atom is -0.431 e. The fraction of sp³-hybridized carbons (Fsp3) is 0.269. The van der Waals surface area contributed by atoms with Crippen LogP contribution in [0.2, 0.25) is 0 Å². The zero-order valence-electron chi connectivity index (χ0n) is 18.9. The van der Waals surface area contributed by atoms with Gasteiger partial charge in [0.1, 0.15) is 11.8 Å². The molecule has 0 N–H and O–H groups in total. The second kappa shape index (κ2) is 9.43. The van der Waals surface area contributed by atoms with Crippen molar-refractivity contribution >= 4 is 22.4 Å². The first kappa shape index (κ1) is 21.8. The Morgan fingerprint density at radius 3 is 2.59 bits per heavy atom. The molecule has 0 atom stereocenters. The summed E-state index contributed by atoms with van der Waals surface area (Å²) in [6, 6.07) is 19.8. The molecule has 0 bridgehead atoms. The summed E-state index contributed by atoms with van der Waals surface area (Å²) in [5.74, 6) is 1.20. The number of hydrogen-bond donors (Lipinski definition) is 0. The highest BCUT2D eigenvalue weighted by molar-refractivity contribution is 5.85. The first-order chi connectivity index (χ1) is 16.6. The second-order valence-corrected chi connectivity index (χ2v) is 8.61. The maximum absolute atomic E-state index is 12.1. The Kier molecular flexibility index (Phi) is 6.03. The van der Waals surface area contributed by atoms with Crippen LogP contribution in [0.25, 0.3) is 10.9 Å². The molecule has 0 spiro atoms. The predicted molar refractivity (Wildman–Crippen MR) is 130 cm³/mol. The zero-order valence-corrected chi connectivity index (χ0v) is 18.9. The van der Waals surface area contributed by atoms with E-state index in [2.05, 4.69) is 39.2 Å². The summed E-state index contributed by atoms with van der Waals surface area (Å²) in [5.41, 5.74) is 2.58. The van der Waals surface area contributed by atoms with Crippen LogP contribution in [0.1, 0.15) is 24.1 Å². The average Bonchev–Trinajstić information content (AvgIpc) is 2.85. The normalized spacial score (nSPS) is 14.3. The van der Waals surface area contributed by atoms with Gasteiger partial charge in [0.25, 0.3) is 0 Å². The lowest BCUT2D eigenvalue weighted by atomic mass is 9.90. The average molecular weight is 456 g/mol. The van der Waals surface area contributed by atoms with Crippen molar-refractivity contribution in [3.05, 3.63) is 88.4 Å². The van der Waals surface area contributed by atoms with Crippen LogP contribution < -0.4 is 9.64 Å². The Morgan fingerprint density at radius 1 is 1.03 bits per heavy atom. The fourth-order valence-corrected chi connectivity index (χ4v) is 4.52.